The van der Waals surface area contributed by atoms with Gasteiger partial charge in [0.1, 0.15) is 0 Å². The second-order valence-corrected chi connectivity index (χ2v) is 13.3. The smallest absolute Gasteiger partial charge is 0.178 e. The summed E-state index contributed by atoms with van der Waals surface area (Å²) >= 11 is 7.56. The van der Waals surface area contributed by atoms with Gasteiger partial charge < -0.3 is 0 Å². The Balaban J connectivity index is 1.72. The molecule has 6 rings (SSSR count). The van der Waals surface area contributed by atoms with Crippen LogP contribution in [0.1, 0.15) is 42.6 Å². The average molecular weight is 546 g/mol. The van der Waals surface area contributed by atoms with E-state index in [2.05, 4.69) is 98.2 Å². The molecule has 2 aromatic heterocycles. The Morgan fingerprint density at radius 2 is 1.44 bits per heavy atom. The van der Waals surface area contributed by atoms with Gasteiger partial charge in [0.25, 0.3) is 0 Å². The third kappa shape index (κ3) is 3.26. The first-order valence-electron chi connectivity index (χ1n) is 11.6. The van der Waals surface area contributed by atoms with E-state index in [1.54, 1.807) is 0 Å². The fourth-order valence-corrected chi connectivity index (χ4v) is 8.43. The maximum atomic E-state index is 13.8. The lowest BCUT2D eigenvalue weighted by atomic mass is 9.89. The van der Waals surface area contributed by atoms with Gasteiger partial charge in [0.2, 0.25) is 0 Å². The van der Waals surface area contributed by atoms with Crippen LogP contribution in [0.4, 0.5) is 0 Å². The average Bonchev–Trinajstić information content (AvgIpc) is 3.51. The highest BCUT2D eigenvalue weighted by atomic mass is 79.9. The Labute approximate surface area is 217 Å². The monoisotopic (exact) mass is 544 g/mol. The van der Waals surface area contributed by atoms with Crippen molar-refractivity contribution < 1.29 is 4.79 Å². The number of ketones is 1. The number of benzene rings is 2. The van der Waals surface area contributed by atoms with Crippen LogP contribution in [0.2, 0.25) is 0 Å². The number of carbonyl (C=O) groups is 1. The van der Waals surface area contributed by atoms with Crippen LogP contribution < -0.4 is 0 Å². The SMILES string of the molecule is Cc1cc(C2=C(c3cc(C)sc3C)C3=C(c4cccc5ccccc45)C(=O)C(Br)C3C2)c(C)s1. The van der Waals surface area contributed by atoms with Crippen LogP contribution in [0.5, 0.6) is 0 Å². The van der Waals surface area contributed by atoms with Crippen molar-refractivity contribution in [1.29, 1.82) is 0 Å². The highest BCUT2D eigenvalue weighted by Crippen LogP contribution is 2.58. The van der Waals surface area contributed by atoms with Gasteiger partial charge in [0, 0.05) is 31.0 Å². The molecule has 1 nitrogen and oxygen atoms in total. The first-order chi connectivity index (χ1) is 16.3. The molecule has 2 unspecified atom stereocenters. The lowest BCUT2D eigenvalue weighted by molar-refractivity contribution is -0.113. The van der Waals surface area contributed by atoms with Gasteiger partial charge in [-0.15, -0.1) is 22.7 Å². The molecule has 0 fully saturated rings. The summed E-state index contributed by atoms with van der Waals surface area (Å²) in [5.41, 5.74) is 8.55. The summed E-state index contributed by atoms with van der Waals surface area (Å²) in [6.07, 6.45) is 0.895. The summed E-state index contributed by atoms with van der Waals surface area (Å²) in [4.78, 5) is 19.0. The van der Waals surface area contributed by atoms with Crippen LogP contribution in [0.3, 0.4) is 0 Å². The van der Waals surface area contributed by atoms with Gasteiger partial charge in [-0.25, -0.2) is 0 Å². The zero-order chi connectivity index (χ0) is 23.7. The molecule has 0 saturated heterocycles. The molecular formula is C30H25BrOS2. The van der Waals surface area contributed by atoms with E-state index in [9.17, 15) is 4.79 Å². The molecule has 2 aliphatic rings. The van der Waals surface area contributed by atoms with Gasteiger partial charge in [-0.2, -0.15) is 0 Å². The molecule has 0 radical (unpaired) electrons. The number of carbonyl (C=O) groups excluding carboxylic acids is 1. The Morgan fingerprint density at radius 3 is 2.12 bits per heavy atom. The predicted molar refractivity (Wildman–Crippen MR) is 151 cm³/mol. The molecular weight excluding hydrogens is 520 g/mol. The zero-order valence-corrected chi connectivity index (χ0v) is 22.9. The molecule has 0 spiro atoms. The van der Waals surface area contributed by atoms with Crippen LogP contribution in [0, 0.1) is 33.6 Å². The summed E-state index contributed by atoms with van der Waals surface area (Å²) in [6, 6.07) is 19.4. The van der Waals surface area contributed by atoms with Crippen molar-refractivity contribution in [2.45, 2.75) is 38.9 Å². The quantitative estimate of drug-likeness (QED) is 0.235. The van der Waals surface area contributed by atoms with E-state index in [1.807, 2.05) is 22.7 Å². The normalized spacial score (nSPS) is 20.2. The number of fused-ring (bicyclic) bond motifs is 2. The minimum Gasteiger partial charge on any atom is -0.293 e. The first kappa shape index (κ1) is 22.2. The topological polar surface area (TPSA) is 17.1 Å². The lowest BCUT2D eigenvalue weighted by Gasteiger charge is -2.14. The number of hydrogen-bond acceptors (Lipinski definition) is 3. The lowest BCUT2D eigenvalue weighted by Crippen LogP contribution is -2.16. The van der Waals surface area contributed by atoms with Crippen LogP contribution in [0.15, 0.2) is 60.2 Å². The van der Waals surface area contributed by atoms with E-state index >= 15 is 0 Å². The van der Waals surface area contributed by atoms with Crippen LogP contribution in [0.25, 0.3) is 27.5 Å². The number of allylic oxidation sites excluding steroid dienone is 4. The van der Waals surface area contributed by atoms with Crippen molar-refractivity contribution in [2.24, 2.45) is 5.92 Å². The molecule has 2 atom stereocenters. The molecule has 2 heterocycles. The number of alkyl halides is 1. The molecule has 4 aromatic rings. The molecule has 0 bridgehead atoms. The van der Waals surface area contributed by atoms with Gasteiger partial charge in [0.15, 0.2) is 5.78 Å². The van der Waals surface area contributed by atoms with Crippen molar-refractivity contribution in [2.75, 3.05) is 0 Å². The maximum absolute atomic E-state index is 13.8. The molecule has 4 heteroatoms. The number of thiophene rings is 2. The molecule has 0 N–H and O–H groups in total. The third-order valence-corrected chi connectivity index (χ3v) is 10.2. The maximum Gasteiger partial charge on any atom is 0.178 e. The number of hydrogen-bond donors (Lipinski definition) is 0. The van der Waals surface area contributed by atoms with Crippen LogP contribution >= 0.6 is 38.6 Å². The van der Waals surface area contributed by atoms with E-state index in [1.165, 1.54) is 52.7 Å². The van der Waals surface area contributed by atoms with Crippen molar-refractivity contribution in [1.82, 2.24) is 0 Å². The third-order valence-electron chi connectivity index (χ3n) is 7.22. The van der Waals surface area contributed by atoms with E-state index in [0.717, 1.165) is 22.9 Å². The molecule has 170 valence electrons. The minimum atomic E-state index is -0.191. The number of rotatable bonds is 3. The molecule has 0 amide bonds. The van der Waals surface area contributed by atoms with E-state index in [-0.39, 0.29) is 16.5 Å². The summed E-state index contributed by atoms with van der Waals surface area (Å²) in [5.74, 6) is 0.376. The number of halogens is 1. The Kier molecular flexibility index (Phi) is 5.32. The van der Waals surface area contributed by atoms with E-state index in [0.29, 0.717) is 0 Å². The Hall–Kier alpha value is -2.27. The van der Waals surface area contributed by atoms with Gasteiger partial charge in [-0.3, -0.25) is 4.79 Å². The molecule has 2 aromatic carbocycles. The highest BCUT2D eigenvalue weighted by Gasteiger charge is 2.47. The fourth-order valence-electron chi connectivity index (χ4n) is 5.87. The molecule has 34 heavy (non-hydrogen) atoms. The second kappa shape index (κ2) is 8.15. The standard InChI is InChI=1S/C30H25BrOS2/c1-15-12-22(17(3)33-15)24-14-25-27(26(24)23-13-16(2)34-18(23)4)28(30(32)29(25)31)21-11-7-9-19-8-5-6-10-20(19)21/h5-13,25,29H,14H2,1-4H3. The zero-order valence-electron chi connectivity index (χ0n) is 19.7. The first-order valence-corrected chi connectivity index (χ1v) is 14.2. The fraction of sp³-hybridized carbons (Fsp3) is 0.233. The second-order valence-electron chi connectivity index (χ2n) is 9.40. The van der Waals surface area contributed by atoms with Gasteiger partial charge >= 0.3 is 0 Å². The van der Waals surface area contributed by atoms with Gasteiger partial charge in [-0.05, 0) is 90.4 Å². The predicted octanol–water partition coefficient (Wildman–Crippen LogP) is 8.93. The highest BCUT2D eigenvalue weighted by molar-refractivity contribution is 9.10. The van der Waals surface area contributed by atoms with Crippen molar-refractivity contribution in [3.8, 4) is 0 Å². The van der Waals surface area contributed by atoms with Crippen molar-refractivity contribution in [3.05, 3.63) is 96.4 Å². The van der Waals surface area contributed by atoms with E-state index in [4.69, 9.17) is 0 Å². The minimum absolute atomic E-state index is 0.158. The number of aryl methyl sites for hydroxylation is 4. The number of Topliss-reactive ketones (excluding diaryl/α,β-unsaturated/α-hetero) is 1. The van der Waals surface area contributed by atoms with Gasteiger partial charge in [0.05, 0.1) is 4.83 Å². The van der Waals surface area contributed by atoms with Crippen LogP contribution in [-0.2, 0) is 4.79 Å². The van der Waals surface area contributed by atoms with Gasteiger partial charge in [-0.1, -0.05) is 58.4 Å². The summed E-state index contributed by atoms with van der Waals surface area (Å²) in [6.45, 7) is 8.82. The van der Waals surface area contributed by atoms with Crippen molar-refractivity contribution >= 4 is 71.9 Å². The summed E-state index contributed by atoms with van der Waals surface area (Å²) in [5, 5.41) is 2.32. The largest absolute Gasteiger partial charge is 0.293 e. The van der Waals surface area contributed by atoms with E-state index < -0.39 is 0 Å². The molecule has 2 aliphatic carbocycles. The van der Waals surface area contributed by atoms with Crippen LogP contribution in [-0.4, -0.2) is 10.6 Å². The molecule has 0 saturated carbocycles. The Morgan fingerprint density at radius 1 is 0.794 bits per heavy atom. The Bertz CT molecular complexity index is 1560. The van der Waals surface area contributed by atoms with Crippen molar-refractivity contribution in [3.63, 3.8) is 0 Å². The summed E-state index contributed by atoms with van der Waals surface area (Å²) < 4.78 is 0. The molecule has 0 aliphatic heterocycles. The summed E-state index contributed by atoms with van der Waals surface area (Å²) in [7, 11) is 0.